The molecule has 3 atom stereocenters. The minimum atomic E-state index is -0.815. The highest BCUT2D eigenvalue weighted by atomic mass is 16.5. The average Bonchev–Trinajstić information content (AvgIpc) is 2.94. The lowest BCUT2D eigenvalue weighted by Crippen LogP contribution is -2.65. The Bertz CT molecular complexity index is 408. The van der Waals surface area contributed by atoms with Crippen molar-refractivity contribution in [3.63, 3.8) is 0 Å². The molecule has 1 aliphatic heterocycles. The first-order chi connectivity index (χ1) is 9.98. The number of carbonyl (C=O) groups excluding carboxylic acids is 1. The van der Waals surface area contributed by atoms with Crippen molar-refractivity contribution in [1.82, 2.24) is 10.2 Å². The molecule has 2 aliphatic rings. The fourth-order valence-electron chi connectivity index (χ4n) is 3.87. The number of methoxy groups -OCH3 is 1. The summed E-state index contributed by atoms with van der Waals surface area (Å²) in [5.41, 5.74) is 0.0103. The van der Waals surface area contributed by atoms with E-state index in [1.54, 1.807) is 12.0 Å². The van der Waals surface area contributed by atoms with Gasteiger partial charge in [0, 0.05) is 31.7 Å². The van der Waals surface area contributed by atoms with Gasteiger partial charge in [-0.1, -0.05) is 13.8 Å². The zero-order valence-electron chi connectivity index (χ0n) is 13.1. The molecule has 21 heavy (non-hydrogen) atoms. The summed E-state index contributed by atoms with van der Waals surface area (Å²) in [6, 6.07) is -0.0154. The normalized spacial score (nSPS) is 30.8. The quantitative estimate of drug-likeness (QED) is 0.809. The third kappa shape index (κ3) is 2.73. The molecule has 120 valence electrons. The van der Waals surface area contributed by atoms with Crippen LogP contribution in [0.2, 0.25) is 0 Å². The number of rotatable bonds is 5. The molecule has 6 nitrogen and oxygen atoms in total. The van der Waals surface area contributed by atoms with Crippen LogP contribution in [0.1, 0.15) is 39.5 Å². The first kappa shape index (κ1) is 16.1. The van der Waals surface area contributed by atoms with Gasteiger partial charge in [-0.25, -0.2) is 4.79 Å². The van der Waals surface area contributed by atoms with E-state index in [2.05, 4.69) is 19.2 Å². The number of ether oxygens (including phenoxy) is 1. The third-order valence-corrected chi connectivity index (χ3v) is 5.51. The highest BCUT2D eigenvalue weighted by Gasteiger charge is 2.54. The molecule has 0 bridgehead atoms. The van der Waals surface area contributed by atoms with E-state index in [1.165, 1.54) is 0 Å². The maximum Gasteiger partial charge on any atom is 0.317 e. The van der Waals surface area contributed by atoms with Crippen molar-refractivity contribution in [3.05, 3.63) is 0 Å². The number of nitrogens with one attached hydrogen (secondary N) is 1. The first-order valence-corrected chi connectivity index (χ1v) is 7.79. The second-order valence-electron chi connectivity index (χ2n) is 6.17. The predicted octanol–water partition coefficient (Wildman–Crippen LogP) is 1.70. The van der Waals surface area contributed by atoms with Gasteiger partial charge in [0.25, 0.3) is 0 Å². The molecule has 0 aromatic rings. The van der Waals surface area contributed by atoms with Crippen molar-refractivity contribution in [1.29, 1.82) is 0 Å². The standard InChI is InChI=1S/C15H26N2O4/c1-4-15(5-2)11(8-12(15)21-3)16-14(20)17-7-6-10(9-17)13(18)19/h10-12H,4-9H2,1-3H3,(H,16,20)(H,18,19). The van der Waals surface area contributed by atoms with Crippen LogP contribution < -0.4 is 5.32 Å². The minimum absolute atomic E-state index is 0.0103. The summed E-state index contributed by atoms with van der Waals surface area (Å²) >= 11 is 0. The van der Waals surface area contributed by atoms with E-state index < -0.39 is 11.9 Å². The van der Waals surface area contributed by atoms with Crippen molar-refractivity contribution in [2.75, 3.05) is 20.2 Å². The number of carbonyl (C=O) groups is 2. The van der Waals surface area contributed by atoms with Crippen LogP contribution in [0, 0.1) is 11.3 Å². The molecule has 1 saturated heterocycles. The van der Waals surface area contributed by atoms with E-state index in [4.69, 9.17) is 9.84 Å². The molecule has 1 heterocycles. The number of nitrogens with zero attached hydrogens (tertiary/aromatic N) is 1. The lowest BCUT2D eigenvalue weighted by molar-refractivity contribution is -0.141. The van der Waals surface area contributed by atoms with E-state index in [-0.39, 0.29) is 23.6 Å². The molecule has 2 N–H and O–H groups in total. The Morgan fingerprint density at radius 3 is 2.52 bits per heavy atom. The topological polar surface area (TPSA) is 78.9 Å². The summed E-state index contributed by atoms with van der Waals surface area (Å²) < 4.78 is 5.53. The number of amides is 2. The smallest absolute Gasteiger partial charge is 0.317 e. The monoisotopic (exact) mass is 298 g/mol. The Morgan fingerprint density at radius 1 is 1.38 bits per heavy atom. The Kier molecular flexibility index (Phi) is 4.76. The van der Waals surface area contributed by atoms with Gasteiger partial charge in [-0.15, -0.1) is 0 Å². The van der Waals surface area contributed by atoms with Crippen molar-refractivity contribution in [3.8, 4) is 0 Å². The Hall–Kier alpha value is -1.30. The summed E-state index contributed by atoms with van der Waals surface area (Å²) in [4.78, 5) is 24.9. The maximum absolute atomic E-state index is 12.3. The van der Waals surface area contributed by atoms with Gasteiger partial charge in [0.1, 0.15) is 0 Å². The molecule has 1 saturated carbocycles. The molecular weight excluding hydrogens is 272 g/mol. The number of hydrogen-bond donors (Lipinski definition) is 2. The van der Waals surface area contributed by atoms with Crippen LogP contribution in [0.5, 0.6) is 0 Å². The van der Waals surface area contributed by atoms with Gasteiger partial charge in [0.2, 0.25) is 0 Å². The lowest BCUT2D eigenvalue weighted by Gasteiger charge is -2.55. The molecule has 2 amide bonds. The average molecular weight is 298 g/mol. The second kappa shape index (κ2) is 6.22. The second-order valence-corrected chi connectivity index (χ2v) is 6.17. The van der Waals surface area contributed by atoms with Gasteiger partial charge in [-0.05, 0) is 25.7 Å². The zero-order valence-corrected chi connectivity index (χ0v) is 13.1. The molecule has 3 unspecified atom stereocenters. The molecule has 6 heteroatoms. The SMILES string of the molecule is CCC1(CC)C(NC(=O)N2CCC(C(=O)O)C2)CC1OC. The van der Waals surface area contributed by atoms with Gasteiger partial charge in [0.15, 0.2) is 0 Å². The number of carboxylic acids is 1. The van der Waals surface area contributed by atoms with Crippen LogP contribution in [-0.2, 0) is 9.53 Å². The Labute approximate surface area is 125 Å². The van der Waals surface area contributed by atoms with Crippen molar-refractivity contribution in [2.24, 2.45) is 11.3 Å². The minimum Gasteiger partial charge on any atom is -0.481 e. The van der Waals surface area contributed by atoms with Crippen molar-refractivity contribution in [2.45, 2.75) is 51.7 Å². The summed E-state index contributed by atoms with van der Waals surface area (Å²) in [5.74, 6) is -1.24. The fraction of sp³-hybridized carbons (Fsp3) is 0.867. The van der Waals surface area contributed by atoms with Gasteiger partial charge < -0.3 is 20.1 Å². The number of hydrogen-bond acceptors (Lipinski definition) is 3. The number of urea groups is 1. The molecule has 2 rings (SSSR count). The van der Waals surface area contributed by atoms with Crippen molar-refractivity contribution >= 4 is 12.0 Å². The molecule has 1 aliphatic carbocycles. The van der Waals surface area contributed by atoms with Gasteiger partial charge in [-0.2, -0.15) is 0 Å². The molecule has 0 aromatic carbocycles. The molecular formula is C15H26N2O4. The highest BCUT2D eigenvalue weighted by Crippen LogP contribution is 2.48. The molecule has 0 spiro atoms. The van der Waals surface area contributed by atoms with E-state index in [0.29, 0.717) is 19.5 Å². The highest BCUT2D eigenvalue weighted by molar-refractivity contribution is 5.77. The van der Waals surface area contributed by atoms with E-state index in [9.17, 15) is 9.59 Å². The van der Waals surface area contributed by atoms with Crippen LogP contribution in [0.4, 0.5) is 4.79 Å². The Balaban J connectivity index is 1.93. The van der Waals surface area contributed by atoms with Crippen molar-refractivity contribution < 1.29 is 19.4 Å². The van der Waals surface area contributed by atoms with Crippen LogP contribution in [0.3, 0.4) is 0 Å². The molecule has 2 fully saturated rings. The summed E-state index contributed by atoms with van der Waals surface area (Å²) in [7, 11) is 1.72. The van der Waals surface area contributed by atoms with Crippen LogP contribution in [0.25, 0.3) is 0 Å². The lowest BCUT2D eigenvalue weighted by atomic mass is 9.58. The zero-order chi connectivity index (χ0) is 15.6. The van der Waals surface area contributed by atoms with Gasteiger partial charge >= 0.3 is 12.0 Å². The number of likely N-dealkylation sites (tertiary alicyclic amines) is 1. The number of aliphatic carboxylic acids is 1. The van der Waals surface area contributed by atoms with E-state index >= 15 is 0 Å². The fourth-order valence-corrected chi connectivity index (χ4v) is 3.87. The van der Waals surface area contributed by atoms with E-state index in [0.717, 1.165) is 19.3 Å². The largest absolute Gasteiger partial charge is 0.481 e. The maximum atomic E-state index is 12.3. The molecule has 0 radical (unpaired) electrons. The van der Waals surface area contributed by atoms with Gasteiger partial charge in [0.05, 0.1) is 12.0 Å². The predicted molar refractivity (Wildman–Crippen MR) is 78.1 cm³/mol. The third-order valence-electron chi connectivity index (χ3n) is 5.51. The molecule has 0 aromatic heterocycles. The van der Waals surface area contributed by atoms with Crippen LogP contribution in [0.15, 0.2) is 0 Å². The van der Waals surface area contributed by atoms with Crippen LogP contribution in [-0.4, -0.2) is 54.4 Å². The summed E-state index contributed by atoms with van der Waals surface area (Å²) in [6.07, 6.45) is 3.50. The van der Waals surface area contributed by atoms with Gasteiger partial charge in [-0.3, -0.25) is 4.79 Å². The number of carboxylic acid groups (broad SMARTS) is 1. The van der Waals surface area contributed by atoms with Crippen LogP contribution >= 0.6 is 0 Å². The summed E-state index contributed by atoms with van der Waals surface area (Å²) in [5, 5.41) is 12.1. The van der Waals surface area contributed by atoms with E-state index in [1.807, 2.05) is 0 Å². The first-order valence-electron chi connectivity index (χ1n) is 7.79. The summed E-state index contributed by atoms with van der Waals surface area (Å²) in [6.45, 7) is 5.09. The Morgan fingerprint density at radius 2 is 2.05 bits per heavy atom.